The van der Waals surface area contributed by atoms with Crippen LogP contribution in [0.5, 0.6) is 0 Å². The number of para-hydroxylation sites is 1. The number of benzene rings is 2. The molecule has 0 aliphatic heterocycles. The van der Waals surface area contributed by atoms with Gasteiger partial charge >= 0.3 is 0 Å². The standard InChI is InChI=1S/C22H23NOSi/c1-14-12-18(23-13-15(14)2)16-10-11-20(25(3,4)5)21-17-8-6-7-9-19(17)24-22(16)21/h6-13H,1-5H3/i1D3,2D3. The maximum atomic E-state index is 7.86. The summed E-state index contributed by atoms with van der Waals surface area (Å²) in [7, 11) is -1.72. The van der Waals surface area contributed by atoms with Crippen molar-refractivity contribution in [3.8, 4) is 11.3 Å². The zero-order valence-electron chi connectivity index (χ0n) is 20.5. The lowest BCUT2D eigenvalue weighted by atomic mass is 10.0. The van der Waals surface area contributed by atoms with E-state index in [0.29, 0.717) is 16.8 Å². The van der Waals surface area contributed by atoms with Gasteiger partial charge in [-0.3, -0.25) is 4.98 Å². The Balaban J connectivity index is 2.06. The van der Waals surface area contributed by atoms with Gasteiger partial charge in [0.2, 0.25) is 0 Å². The van der Waals surface area contributed by atoms with Crippen LogP contribution in [-0.4, -0.2) is 13.1 Å². The minimum Gasteiger partial charge on any atom is -0.455 e. The van der Waals surface area contributed by atoms with Crippen LogP contribution >= 0.6 is 0 Å². The topological polar surface area (TPSA) is 26.0 Å². The number of rotatable bonds is 2. The molecule has 0 radical (unpaired) electrons. The highest BCUT2D eigenvalue weighted by atomic mass is 28.3. The molecule has 0 fully saturated rings. The Kier molecular flexibility index (Phi) is 2.35. The maximum Gasteiger partial charge on any atom is 0.144 e. The van der Waals surface area contributed by atoms with Crippen LogP contribution in [-0.2, 0) is 0 Å². The largest absolute Gasteiger partial charge is 0.455 e. The van der Waals surface area contributed by atoms with E-state index < -0.39 is 21.8 Å². The summed E-state index contributed by atoms with van der Waals surface area (Å²) in [5.74, 6) is 0. The van der Waals surface area contributed by atoms with Crippen molar-refractivity contribution in [1.82, 2.24) is 4.98 Å². The van der Waals surface area contributed by atoms with Crippen molar-refractivity contribution >= 4 is 35.2 Å². The lowest BCUT2D eigenvalue weighted by Gasteiger charge is -2.19. The first kappa shape index (κ1) is 10.6. The predicted molar refractivity (Wildman–Crippen MR) is 109 cm³/mol. The molecule has 2 aromatic carbocycles. The number of aryl methyl sites for hydroxylation is 2. The molecule has 0 spiro atoms. The van der Waals surface area contributed by atoms with E-state index in [4.69, 9.17) is 12.6 Å². The zero-order chi connectivity index (χ0) is 22.8. The summed E-state index contributed by atoms with van der Waals surface area (Å²) in [6, 6.07) is 13.1. The molecular formula is C22H23NOSi. The number of pyridine rings is 1. The molecule has 25 heavy (non-hydrogen) atoms. The van der Waals surface area contributed by atoms with Gasteiger partial charge in [0.25, 0.3) is 0 Å². The van der Waals surface area contributed by atoms with Gasteiger partial charge in [0.15, 0.2) is 0 Å². The average Bonchev–Trinajstić information content (AvgIpc) is 3.04. The molecule has 0 bridgehead atoms. The number of furan rings is 1. The second-order valence-corrected chi connectivity index (χ2v) is 12.4. The smallest absolute Gasteiger partial charge is 0.144 e. The van der Waals surface area contributed by atoms with Gasteiger partial charge in [-0.25, -0.2) is 0 Å². The molecule has 0 aliphatic carbocycles. The van der Waals surface area contributed by atoms with Crippen LogP contribution in [0.1, 0.15) is 19.4 Å². The molecule has 0 amide bonds. The van der Waals surface area contributed by atoms with E-state index in [-0.39, 0.29) is 11.1 Å². The molecule has 4 aromatic rings. The monoisotopic (exact) mass is 351 g/mol. The molecule has 0 saturated carbocycles. The minimum atomic E-state index is -2.58. The zero-order valence-corrected chi connectivity index (χ0v) is 15.5. The van der Waals surface area contributed by atoms with Gasteiger partial charge in [0.1, 0.15) is 11.2 Å². The lowest BCUT2D eigenvalue weighted by molar-refractivity contribution is 0.670. The molecule has 0 unspecified atom stereocenters. The third-order valence-electron chi connectivity index (χ3n) is 4.51. The molecule has 4 rings (SSSR count). The van der Waals surface area contributed by atoms with Gasteiger partial charge in [-0.1, -0.05) is 43.9 Å². The van der Waals surface area contributed by atoms with Gasteiger partial charge in [-0.15, -0.1) is 0 Å². The van der Waals surface area contributed by atoms with E-state index in [1.165, 1.54) is 11.3 Å². The maximum absolute atomic E-state index is 7.86. The fourth-order valence-corrected chi connectivity index (χ4v) is 4.84. The van der Waals surface area contributed by atoms with Crippen LogP contribution in [0.2, 0.25) is 19.6 Å². The molecule has 126 valence electrons. The van der Waals surface area contributed by atoms with E-state index >= 15 is 0 Å². The van der Waals surface area contributed by atoms with Gasteiger partial charge in [-0.2, -0.15) is 0 Å². The molecule has 0 aliphatic rings. The third kappa shape index (κ3) is 2.59. The number of hydrogen-bond donors (Lipinski definition) is 0. The Morgan fingerprint density at radius 3 is 2.56 bits per heavy atom. The van der Waals surface area contributed by atoms with E-state index in [1.807, 2.05) is 30.3 Å². The summed E-state index contributed by atoms with van der Waals surface area (Å²) in [5, 5.41) is 3.27. The SMILES string of the molecule is [2H]C([2H])([2H])c1cnc(-c2ccc([Si](C)(C)C)c3c2oc2ccccc23)cc1C([2H])([2H])[2H]. The predicted octanol–water partition coefficient (Wildman–Crippen LogP) is 5.81. The highest BCUT2D eigenvalue weighted by Gasteiger charge is 2.24. The molecule has 0 atom stereocenters. The lowest BCUT2D eigenvalue weighted by Crippen LogP contribution is -2.37. The van der Waals surface area contributed by atoms with Gasteiger partial charge in [0, 0.05) is 30.8 Å². The van der Waals surface area contributed by atoms with Crippen LogP contribution in [0, 0.1) is 13.7 Å². The highest BCUT2D eigenvalue weighted by molar-refractivity contribution is 6.90. The number of aromatic nitrogens is 1. The Labute approximate surface area is 158 Å². The summed E-state index contributed by atoms with van der Waals surface area (Å²) in [6.07, 6.45) is 1.16. The van der Waals surface area contributed by atoms with Gasteiger partial charge in [-0.05, 0) is 48.2 Å². The summed E-state index contributed by atoms with van der Waals surface area (Å²) >= 11 is 0. The first-order valence-electron chi connectivity index (χ1n) is 11.2. The minimum absolute atomic E-state index is 0.212. The van der Waals surface area contributed by atoms with E-state index in [0.717, 1.165) is 22.6 Å². The van der Waals surface area contributed by atoms with E-state index in [9.17, 15) is 0 Å². The highest BCUT2D eigenvalue weighted by Crippen LogP contribution is 2.35. The molecule has 0 N–H and O–H groups in total. The first-order chi connectivity index (χ1) is 14.3. The molecule has 3 heteroatoms. The number of hydrogen-bond acceptors (Lipinski definition) is 2. The summed E-state index contributed by atoms with van der Waals surface area (Å²) in [4.78, 5) is 4.34. The number of fused-ring (bicyclic) bond motifs is 3. The average molecular weight is 352 g/mol. The van der Waals surface area contributed by atoms with E-state index in [1.54, 1.807) is 0 Å². The molecule has 2 nitrogen and oxygen atoms in total. The fourth-order valence-electron chi connectivity index (χ4n) is 3.26. The summed E-state index contributed by atoms with van der Waals surface area (Å²) in [6.45, 7) is 1.65. The first-order valence-corrected chi connectivity index (χ1v) is 11.7. The number of nitrogens with zero attached hydrogens (tertiary/aromatic N) is 1. The second kappa shape index (κ2) is 5.56. The van der Waals surface area contributed by atoms with Crippen molar-refractivity contribution in [2.24, 2.45) is 0 Å². The molecule has 2 aromatic heterocycles. The third-order valence-corrected chi connectivity index (χ3v) is 6.55. The summed E-state index contributed by atoms with van der Waals surface area (Å²) in [5.41, 5.74) is 1.96. The Morgan fingerprint density at radius 2 is 1.80 bits per heavy atom. The Hall–Kier alpha value is -2.39. The van der Waals surface area contributed by atoms with Crippen molar-refractivity contribution in [2.45, 2.75) is 33.3 Å². The quantitative estimate of drug-likeness (QED) is 0.426. The normalized spacial score (nSPS) is 16.8. The molecular weight excluding hydrogens is 322 g/mol. The van der Waals surface area contributed by atoms with Crippen LogP contribution in [0.4, 0.5) is 0 Å². The van der Waals surface area contributed by atoms with Crippen LogP contribution in [0.3, 0.4) is 0 Å². The van der Waals surface area contributed by atoms with Gasteiger partial charge < -0.3 is 4.42 Å². The fraction of sp³-hybridized carbons (Fsp3) is 0.227. The summed E-state index contributed by atoms with van der Waals surface area (Å²) < 4.78 is 52.9. The van der Waals surface area contributed by atoms with Crippen LogP contribution in [0.25, 0.3) is 33.2 Å². The Bertz CT molecular complexity index is 1300. The van der Waals surface area contributed by atoms with Crippen molar-refractivity contribution < 1.29 is 12.6 Å². The van der Waals surface area contributed by atoms with Crippen molar-refractivity contribution in [3.05, 3.63) is 59.8 Å². The van der Waals surface area contributed by atoms with Crippen molar-refractivity contribution in [3.63, 3.8) is 0 Å². The second-order valence-electron chi connectivity index (χ2n) is 7.33. The molecule has 2 heterocycles. The van der Waals surface area contributed by atoms with Crippen molar-refractivity contribution in [2.75, 3.05) is 0 Å². The van der Waals surface area contributed by atoms with Gasteiger partial charge in [0.05, 0.1) is 13.8 Å². The van der Waals surface area contributed by atoms with Crippen molar-refractivity contribution in [1.29, 1.82) is 0 Å². The van der Waals surface area contributed by atoms with Crippen LogP contribution in [0.15, 0.2) is 53.1 Å². The Morgan fingerprint density at radius 1 is 1.00 bits per heavy atom. The van der Waals surface area contributed by atoms with E-state index in [2.05, 4.69) is 30.7 Å². The van der Waals surface area contributed by atoms with Crippen LogP contribution < -0.4 is 5.19 Å². The molecule has 0 saturated heterocycles.